The van der Waals surface area contributed by atoms with Crippen LogP contribution in [-0.4, -0.2) is 124 Å². The van der Waals surface area contributed by atoms with Gasteiger partial charge >= 0.3 is 5.97 Å². The molecule has 0 rings (SSSR count). The standard InChI is InChI=1S/C18H39N5O3/c1-6-7-8-19-17(24)15-22(11-9-20(2)3)13-14-23(16-18(25)26)12-10-21(4)5/h6-16H2,1-5H3,(H,19,24)(H,25,26). The van der Waals surface area contributed by atoms with Crippen molar-refractivity contribution in [1.82, 2.24) is 24.9 Å². The number of nitrogens with zero attached hydrogens (tertiary/aromatic N) is 4. The summed E-state index contributed by atoms with van der Waals surface area (Å²) in [5, 5.41) is 12.1. The van der Waals surface area contributed by atoms with Gasteiger partial charge in [-0.3, -0.25) is 19.4 Å². The van der Waals surface area contributed by atoms with Crippen LogP contribution in [0.3, 0.4) is 0 Å². The Morgan fingerprint density at radius 1 is 0.808 bits per heavy atom. The molecular weight excluding hydrogens is 334 g/mol. The quantitative estimate of drug-likeness (QED) is 0.360. The van der Waals surface area contributed by atoms with E-state index in [0.29, 0.717) is 32.7 Å². The van der Waals surface area contributed by atoms with Crippen LogP contribution >= 0.6 is 0 Å². The smallest absolute Gasteiger partial charge is 0.317 e. The molecule has 0 aliphatic heterocycles. The Hall–Kier alpha value is -1.22. The van der Waals surface area contributed by atoms with Crippen molar-refractivity contribution < 1.29 is 14.7 Å². The molecule has 0 fully saturated rings. The van der Waals surface area contributed by atoms with E-state index >= 15 is 0 Å². The van der Waals surface area contributed by atoms with Gasteiger partial charge in [-0.2, -0.15) is 0 Å². The minimum absolute atomic E-state index is 0.0259. The minimum Gasteiger partial charge on any atom is -0.480 e. The van der Waals surface area contributed by atoms with Gasteiger partial charge in [0.1, 0.15) is 0 Å². The van der Waals surface area contributed by atoms with Crippen molar-refractivity contribution in [2.45, 2.75) is 19.8 Å². The number of carboxylic acid groups (broad SMARTS) is 1. The van der Waals surface area contributed by atoms with E-state index in [1.807, 2.05) is 38.0 Å². The molecule has 0 heterocycles. The molecule has 26 heavy (non-hydrogen) atoms. The highest BCUT2D eigenvalue weighted by molar-refractivity contribution is 5.77. The normalized spacial score (nSPS) is 11.7. The van der Waals surface area contributed by atoms with Crippen molar-refractivity contribution in [3.05, 3.63) is 0 Å². The molecule has 0 aromatic carbocycles. The first-order valence-corrected chi connectivity index (χ1v) is 9.47. The number of aliphatic carboxylic acids is 1. The van der Waals surface area contributed by atoms with Crippen molar-refractivity contribution in [2.75, 3.05) is 87.1 Å². The SMILES string of the molecule is CCCCNC(=O)CN(CCN(C)C)CCN(CCN(C)C)CC(=O)O. The number of hydrogen-bond acceptors (Lipinski definition) is 6. The molecule has 8 nitrogen and oxygen atoms in total. The van der Waals surface area contributed by atoms with Gasteiger partial charge < -0.3 is 20.2 Å². The molecule has 154 valence electrons. The summed E-state index contributed by atoms with van der Waals surface area (Å²) in [7, 11) is 7.96. The summed E-state index contributed by atoms with van der Waals surface area (Å²) in [5.41, 5.74) is 0. The molecule has 8 heteroatoms. The Balaban J connectivity index is 4.58. The largest absolute Gasteiger partial charge is 0.480 e. The van der Waals surface area contributed by atoms with Crippen molar-refractivity contribution >= 4 is 11.9 Å². The molecule has 0 spiro atoms. The van der Waals surface area contributed by atoms with Gasteiger partial charge in [0.15, 0.2) is 0 Å². The van der Waals surface area contributed by atoms with Crippen LogP contribution in [0.2, 0.25) is 0 Å². The van der Waals surface area contributed by atoms with Crippen molar-refractivity contribution in [1.29, 1.82) is 0 Å². The van der Waals surface area contributed by atoms with E-state index in [4.69, 9.17) is 5.11 Å². The third kappa shape index (κ3) is 15.1. The first kappa shape index (κ1) is 24.8. The highest BCUT2D eigenvalue weighted by Gasteiger charge is 2.15. The van der Waals surface area contributed by atoms with Gasteiger partial charge in [-0.25, -0.2) is 0 Å². The number of hydrogen-bond donors (Lipinski definition) is 2. The maximum Gasteiger partial charge on any atom is 0.317 e. The topological polar surface area (TPSA) is 79.4 Å². The lowest BCUT2D eigenvalue weighted by Gasteiger charge is -2.28. The van der Waals surface area contributed by atoms with Crippen LogP contribution < -0.4 is 5.32 Å². The molecule has 0 bridgehead atoms. The maximum atomic E-state index is 12.1. The molecular formula is C18H39N5O3. The average Bonchev–Trinajstić information content (AvgIpc) is 2.54. The van der Waals surface area contributed by atoms with Gasteiger partial charge in [-0.15, -0.1) is 0 Å². The zero-order valence-electron chi connectivity index (χ0n) is 17.3. The van der Waals surface area contributed by atoms with Crippen LogP contribution in [0.15, 0.2) is 0 Å². The summed E-state index contributed by atoms with van der Waals surface area (Å²) in [6.07, 6.45) is 2.04. The van der Waals surface area contributed by atoms with Gasteiger partial charge in [0.2, 0.25) is 5.91 Å². The number of likely N-dealkylation sites (N-methyl/N-ethyl adjacent to an activating group) is 2. The highest BCUT2D eigenvalue weighted by Crippen LogP contribution is 1.96. The monoisotopic (exact) mass is 373 g/mol. The van der Waals surface area contributed by atoms with Gasteiger partial charge in [0.25, 0.3) is 0 Å². The van der Waals surface area contributed by atoms with Crippen LogP contribution in [0.4, 0.5) is 0 Å². The predicted molar refractivity (Wildman–Crippen MR) is 106 cm³/mol. The Labute approximate surface area is 159 Å². The third-order valence-corrected chi connectivity index (χ3v) is 4.04. The van der Waals surface area contributed by atoms with Crippen molar-refractivity contribution in [2.24, 2.45) is 0 Å². The van der Waals surface area contributed by atoms with E-state index in [0.717, 1.165) is 32.5 Å². The van der Waals surface area contributed by atoms with E-state index < -0.39 is 5.97 Å². The maximum absolute atomic E-state index is 12.1. The fraction of sp³-hybridized carbons (Fsp3) is 0.889. The molecule has 2 N–H and O–H groups in total. The van der Waals surface area contributed by atoms with Crippen LogP contribution in [-0.2, 0) is 9.59 Å². The third-order valence-electron chi connectivity index (χ3n) is 4.04. The van der Waals surface area contributed by atoms with Gasteiger partial charge in [-0.1, -0.05) is 13.3 Å². The van der Waals surface area contributed by atoms with E-state index in [2.05, 4.69) is 22.0 Å². The van der Waals surface area contributed by atoms with Crippen LogP contribution in [0.1, 0.15) is 19.8 Å². The zero-order chi connectivity index (χ0) is 19.9. The molecule has 0 aromatic rings. The summed E-state index contributed by atoms with van der Waals surface area (Å²) in [6.45, 7) is 7.65. The fourth-order valence-corrected chi connectivity index (χ4v) is 2.36. The minimum atomic E-state index is -0.819. The number of carboxylic acids is 1. The Morgan fingerprint density at radius 3 is 1.69 bits per heavy atom. The molecule has 0 radical (unpaired) electrons. The molecule has 0 aromatic heterocycles. The van der Waals surface area contributed by atoms with E-state index in [-0.39, 0.29) is 12.5 Å². The van der Waals surface area contributed by atoms with Crippen LogP contribution in [0.5, 0.6) is 0 Å². The Kier molecular flexibility index (Phi) is 14.2. The predicted octanol–water partition coefficient (Wildman–Crippen LogP) is -0.285. The molecule has 0 atom stereocenters. The zero-order valence-corrected chi connectivity index (χ0v) is 17.3. The molecule has 0 saturated carbocycles. The first-order valence-electron chi connectivity index (χ1n) is 9.47. The molecule has 1 amide bonds. The summed E-state index contributed by atoms with van der Waals surface area (Å²) in [4.78, 5) is 31.4. The molecule has 0 saturated heterocycles. The summed E-state index contributed by atoms with van der Waals surface area (Å²) in [6, 6.07) is 0. The lowest BCUT2D eigenvalue weighted by molar-refractivity contribution is -0.138. The molecule has 0 aliphatic rings. The van der Waals surface area contributed by atoms with Crippen molar-refractivity contribution in [3.63, 3.8) is 0 Å². The van der Waals surface area contributed by atoms with E-state index in [9.17, 15) is 9.59 Å². The first-order chi connectivity index (χ1) is 12.2. The lowest BCUT2D eigenvalue weighted by Crippen LogP contribution is -2.45. The fourth-order valence-electron chi connectivity index (χ4n) is 2.36. The second-order valence-electron chi connectivity index (χ2n) is 7.26. The Morgan fingerprint density at radius 2 is 1.27 bits per heavy atom. The van der Waals surface area contributed by atoms with E-state index in [1.54, 1.807) is 0 Å². The van der Waals surface area contributed by atoms with Crippen LogP contribution in [0.25, 0.3) is 0 Å². The number of carbonyl (C=O) groups is 2. The molecule has 0 aliphatic carbocycles. The number of amides is 1. The number of nitrogens with one attached hydrogen (secondary N) is 1. The van der Waals surface area contributed by atoms with Crippen LogP contribution in [0, 0.1) is 0 Å². The van der Waals surface area contributed by atoms with Crippen molar-refractivity contribution in [3.8, 4) is 0 Å². The number of rotatable bonds is 16. The summed E-state index contributed by atoms with van der Waals surface area (Å²) in [5.74, 6) is -0.781. The van der Waals surface area contributed by atoms with Gasteiger partial charge in [-0.05, 0) is 34.6 Å². The molecule has 0 unspecified atom stereocenters. The second-order valence-corrected chi connectivity index (χ2v) is 7.26. The van der Waals surface area contributed by atoms with Gasteiger partial charge in [0, 0.05) is 45.8 Å². The van der Waals surface area contributed by atoms with E-state index in [1.165, 1.54) is 0 Å². The highest BCUT2D eigenvalue weighted by atomic mass is 16.4. The summed E-state index contributed by atoms with van der Waals surface area (Å²) >= 11 is 0. The Bertz CT molecular complexity index is 391. The number of unbranched alkanes of at least 4 members (excludes halogenated alkanes) is 1. The van der Waals surface area contributed by atoms with Gasteiger partial charge in [0.05, 0.1) is 13.1 Å². The second kappa shape index (κ2) is 14.9. The summed E-state index contributed by atoms with van der Waals surface area (Å²) < 4.78 is 0. The lowest BCUT2D eigenvalue weighted by atomic mass is 10.3. The average molecular weight is 374 g/mol. The number of carbonyl (C=O) groups excluding carboxylic acids is 1.